The second-order valence-electron chi connectivity index (χ2n) is 6.28. The quantitative estimate of drug-likeness (QED) is 0.260. The zero-order valence-electron chi connectivity index (χ0n) is 16.5. The Morgan fingerprint density at radius 3 is 2.48 bits per heavy atom. The molecule has 0 unspecified atom stereocenters. The summed E-state index contributed by atoms with van der Waals surface area (Å²) in [5, 5.41) is 7.52. The van der Waals surface area contributed by atoms with Gasteiger partial charge >= 0.3 is 0 Å². The predicted molar refractivity (Wildman–Crippen MR) is 126 cm³/mol. The average molecular weight is 528 g/mol. The van der Waals surface area contributed by atoms with E-state index in [4.69, 9.17) is 4.42 Å². The van der Waals surface area contributed by atoms with Crippen LogP contribution in [0.5, 0.6) is 0 Å². The number of furan rings is 1. The Morgan fingerprint density at radius 2 is 1.79 bits per heavy atom. The molecule has 2 aromatic carbocycles. The number of aryl methyl sites for hydroxylation is 1. The van der Waals surface area contributed by atoms with E-state index in [1.54, 1.807) is 25.2 Å². The third-order valence-electron chi connectivity index (χ3n) is 4.52. The van der Waals surface area contributed by atoms with Crippen molar-refractivity contribution >= 4 is 50.9 Å². The monoisotopic (exact) mass is 528 g/mol. The standard InChI is InChI=1S/C20H24N4O3S.HI/c1-14-17-9-4-5-10-18(17)27-19(14)13-24-20(21-2)23-12-15-7-6-8-16(11-15)28(25,26)22-3;/h4-11,22H,12-13H2,1-3H3,(H2,21,23,24);1H. The maximum Gasteiger partial charge on any atom is 0.240 e. The van der Waals surface area contributed by atoms with E-state index < -0.39 is 10.0 Å². The Bertz CT molecular complexity index is 1110. The molecule has 1 aromatic heterocycles. The van der Waals surface area contributed by atoms with Gasteiger partial charge in [-0.25, -0.2) is 13.1 Å². The smallest absolute Gasteiger partial charge is 0.240 e. The topological polar surface area (TPSA) is 95.7 Å². The molecule has 0 radical (unpaired) electrons. The van der Waals surface area contributed by atoms with Crippen molar-refractivity contribution in [3.8, 4) is 0 Å². The van der Waals surface area contributed by atoms with Gasteiger partial charge in [-0.3, -0.25) is 4.99 Å². The lowest BCUT2D eigenvalue weighted by molar-refractivity contribution is 0.534. The van der Waals surface area contributed by atoms with Gasteiger partial charge < -0.3 is 15.1 Å². The van der Waals surface area contributed by atoms with Crippen LogP contribution >= 0.6 is 24.0 Å². The summed E-state index contributed by atoms with van der Waals surface area (Å²) in [5.74, 6) is 1.45. The maximum atomic E-state index is 11.9. The van der Waals surface area contributed by atoms with E-state index in [0.717, 1.165) is 27.9 Å². The van der Waals surface area contributed by atoms with Crippen molar-refractivity contribution in [3.63, 3.8) is 0 Å². The number of para-hydroxylation sites is 1. The highest BCUT2D eigenvalue weighted by atomic mass is 127. The lowest BCUT2D eigenvalue weighted by Crippen LogP contribution is -2.36. The lowest BCUT2D eigenvalue weighted by Gasteiger charge is -2.12. The van der Waals surface area contributed by atoms with E-state index in [0.29, 0.717) is 19.0 Å². The maximum absolute atomic E-state index is 11.9. The molecule has 3 rings (SSSR count). The van der Waals surface area contributed by atoms with E-state index in [9.17, 15) is 8.42 Å². The van der Waals surface area contributed by atoms with Gasteiger partial charge in [0.2, 0.25) is 10.0 Å². The molecule has 156 valence electrons. The number of rotatable bonds is 6. The lowest BCUT2D eigenvalue weighted by atomic mass is 10.1. The average Bonchev–Trinajstić information content (AvgIpc) is 3.04. The van der Waals surface area contributed by atoms with Crippen molar-refractivity contribution in [2.45, 2.75) is 24.9 Å². The number of nitrogens with zero attached hydrogens (tertiary/aromatic N) is 1. The molecule has 29 heavy (non-hydrogen) atoms. The molecule has 0 spiro atoms. The Labute approximate surface area is 188 Å². The first-order valence-electron chi connectivity index (χ1n) is 8.88. The summed E-state index contributed by atoms with van der Waals surface area (Å²) >= 11 is 0. The van der Waals surface area contributed by atoms with Gasteiger partial charge in [0.05, 0.1) is 11.4 Å². The summed E-state index contributed by atoms with van der Waals surface area (Å²) in [6, 6.07) is 14.7. The second kappa shape index (κ2) is 10.1. The largest absolute Gasteiger partial charge is 0.459 e. The third kappa shape index (κ3) is 5.49. The molecule has 0 amide bonds. The molecule has 0 bridgehead atoms. The van der Waals surface area contributed by atoms with Crippen LogP contribution in [0.1, 0.15) is 16.9 Å². The van der Waals surface area contributed by atoms with E-state index in [1.807, 2.05) is 37.3 Å². The van der Waals surface area contributed by atoms with Gasteiger partial charge in [-0.2, -0.15) is 0 Å². The molecule has 0 aliphatic heterocycles. The Morgan fingerprint density at radius 1 is 1.07 bits per heavy atom. The molecule has 0 atom stereocenters. The number of guanidine groups is 1. The molecule has 0 saturated heterocycles. The zero-order chi connectivity index (χ0) is 20.1. The van der Waals surface area contributed by atoms with Crippen molar-refractivity contribution in [3.05, 3.63) is 65.4 Å². The Hall–Kier alpha value is -2.11. The number of fused-ring (bicyclic) bond motifs is 1. The second-order valence-corrected chi connectivity index (χ2v) is 8.17. The first-order valence-corrected chi connectivity index (χ1v) is 10.4. The minimum absolute atomic E-state index is 0. The number of hydrogen-bond donors (Lipinski definition) is 3. The van der Waals surface area contributed by atoms with Crippen LogP contribution in [0.4, 0.5) is 0 Å². The first kappa shape index (κ1) is 23.2. The van der Waals surface area contributed by atoms with E-state index >= 15 is 0 Å². The highest BCUT2D eigenvalue weighted by molar-refractivity contribution is 14.0. The van der Waals surface area contributed by atoms with Gasteiger partial charge in [0.25, 0.3) is 0 Å². The molecule has 0 aliphatic carbocycles. The zero-order valence-corrected chi connectivity index (χ0v) is 19.7. The number of nitrogens with one attached hydrogen (secondary N) is 3. The molecular weight excluding hydrogens is 503 g/mol. The minimum atomic E-state index is -3.46. The number of aliphatic imine (C=N–C) groups is 1. The molecule has 0 saturated carbocycles. The van der Waals surface area contributed by atoms with Crippen LogP contribution in [-0.4, -0.2) is 28.5 Å². The van der Waals surface area contributed by atoms with Crippen LogP contribution in [-0.2, 0) is 23.1 Å². The fourth-order valence-electron chi connectivity index (χ4n) is 2.90. The highest BCUT2D eigenvalue weighted by Gasteiger charge is 2.12. The van der Waals surface area contributed by atoms with Gasteiger partial charge in [-0.1, -0.05) is 30.3 Å². The van der Waals surface area contributed by atoms with Crippen molar-refractivity contribution in [1.29, 1.82) is 0 Å². The molecular formula is C20H25IN4O3S. The Kier molecular flexibility index (Phi) is 8.05. The number of hydrogen-bond acceptors (Lipinski definition) is 4. The van der Waals surface area contributed by atoms with Crippen LogP contribution in [0.2, 0.25) is 0 Å². The van der Waals surface area contributed by atoms with Crippen LogP contribution in [0.25, 0.3) is 11.0 Å². The van der Waals surface area contributed by atoms with Crippen LogP contribution in [0.3, 0.4) is 0 Å². The summed E-state index contributed by atoms with van der Waals surface area (Å²) < 4.78 is 32.1. The fourth-order valence-corrected chi connectivity index (χ4v) is 3.70. The molecule has 1 heterocycles. The van der Waals surface area contributed by atoms with E-state index in [2.05, 4.69) is 20.3 Å². The number of sulfonamides is 1. The number of halogens is 1. The molecule has 3 aromatic rings. The van der Waals surface area contributed by atoms with Gasteiger partial charge in [0.1, 0.15) is 11.3 Å². The van der Waals surface area contributed by atoms with Crippen molar-refractivity contribution in [1.82, 2.24) is 15.4 Å². The van der Waals surface area contributed by atoms with Crippen LogP contribution in [0, 0.1) is 6.92 Å². The molecule has 0 fully saturated rings. The number of benzene rings is 2. The highest BCUT2D eigenvalue weighted by Crippen LogP contribution is 2.24. The Balaban J connectivity index is 0.00000300. The summed E-state index contributed by atoms with van der Waals surface area (Å²) in [7, 11) is -0.387. The summed E-state index contributed by atoms with van der Waals surface area (Å²) in [6.45, 7) is 2.97. The summed E-state index contributed by atoms with van der Waals surface area (Å²) in [4.78, 5) is 4.44. The summed E-state index contributed by atoms with van der Waals surface area (Å²) in [6.07, 6.45) is 0. The van der Waals surface area contributed by atoms with Crippen molar-refractivity contribution < 1.29 is 12.8 Å². The van der Waals surface area contributed by atoms with Gasteiger partial charge in [0.15, 0.2) is 5.96 Å². The molecule has 9 heteroatoms. The normalized spacial score (nSPS) is 11.9. The van der Waals surface area contributed by atoms with Crippen molar-refractivity contribution in [2.24, 2.45) is 4.99 Å². The van der Waals surface area contributed by atoms with Crippen LogP contribution < -0.4 is 15.4 Å². The van der Waals surface area contributed by atoms with Gasteiger partial charge in [-0.05, 0) is 37.7 Å². The molecule has 7 nitrogen and oxygen atoms in total. The third-order valence-corrected chi connectivity index (χ3v) is 5.93. The minimum Gasteiger partial charge on any atom is -0.459 e. The fraction of sp³-hybridized carbons (Fsp3) is 0.250. The predicted octanol–water partition coefficient (Wildman–Crippen LogP) is 3.13. The van der Waals surface area contributed by atoms with E-state index in [1.165, 1.54) is 7.05 Å². The molecule has 3 N–H and O–H groups in total. The van der Waals surface area contributed by atoms with E-state index in [-0.39, 0.29) is 28.9 Å². The van der Waals surface area contributed by atoms with Gasteiger partial charge in [0, 0.05) is 24.5 Å². The summed E-state index contributed by atoms with van der Waals surface area (Å²) in [5.41, 5.74) is 2.80. The van der Waals surface area contributed by atoms with Crippen LogP contribution in [0.15, 0.2) is 62.8 Å². The first-order chi connectivity index (χ1) is 13.4. The van der Waals surface area contributed by atoms with Gasteiger partial charge in [-0.15, -0.1) is 24.0 Å². The van der Waals surface area contributed by atoms with Crippen molar-refractivity contribution in [2.75, 3.05) is 14.1 Å². The SMILES string of the molecule is CN=C(NCc1cccc(S(=O)(=O)NC)c1)NCc1oc2ccccc2c1C.I. The molecule has 0 aliphatic rings.